The van der Waals surface area contributed by atoms with Crippen molar-refractivity contribution >= 4 is 29.1 Å². The van der Waals surface area contributed by atoms with E-state index in [0.717, 1.165) is 29.8 Å². The normalized spacial score (nSPS) is 14.5. The number of piperidine rings is 1. The fraction of sp³-hybridized carbons (Fsp3) is 0.292. The molecular formula is C24H25ClN4O2. The Morgan fingerprint density at radius 3 is 2.48 bits per heavy atom. The number of aromatic amines is 1. The zero-order valence-electron chi connectivity index (χ0n) is 17.4. The van der Waals surface area contributed by atoms with Gasteiger partial charge in [0.25, 0.3) is 5.91 Å². The lowest BCUT2D eigenvalue weighted by Crippen LogP contribution is -2.38. The van der Waals surface area contributed by atoms with Gasteiger partial charge in [0.05, 0.1) is 6.42 Å². The monoisotopic (exact) mass is 436 g/mol. The molecule has 2 amide bonds. The molecule has 1 fully saturated rings. The minimum absolute atomic E-state index is 0.0940. The van der Waals surface area contributed by atoms with Gasteiger partial charge in [0.2, 0.25) is 5.91 Å². The van der Waals surface area contributed by atoms with Crippen molar-refractivity contribution in [3.63, 3.8) is 0 Å². The number of aromatic nitrogens is 2. The van der Waals surface area contributed by atoms with Gasteiger partial charge in [0.1, 0.15) is 0 Å². The van der Waals surface area contributed by atoms with Gasteiger partial charge in [-0.15, -0.1) is 0 Å². The number of amides is 2. The molecule has 0 spiro atoms. The number of hydrogen-bond acceptors (Lipinski definition) is 3. The van der Waals surface area contributed by atoms with E-state index in [-0.39, 0.29) is 17.7 Å². The first-order chi connectivity index (χ1) is 15.0. The summed E-state index contributed by atoms with van der Waals surface area (Å²) in [6.07, 6.45) is 1.98. The van der Waals surface area contributed by atoms with Crippen LogP contribution in [-0.2, 0) is 11.2 Å². The smallest absolute Gasteiger partial charge is 0.278 e. The van der Waals surface area contributed by atoms with Crippen LogP contribution in [0.4, 0.5) is 5.69 Å². The maximum absolute atomic E-state index is 12.8. The maximum atomic E-state index is 12.8. The number of H-pyrrole nitrogens is 1. The summed E-state index contributed by atoms with van der Waals surface area (Å²) < 4.78 is 0. The highest BCUT2D eigenvalue weighted by molar-refractivity contribution is 6.31. The zero-order chi connectivity index (χ0) is 21.8. The van der Waals surface area contributed by atoms with Crippen LogP contribution in [0.2, 0.25) is 5.02 Å². The molecule has 0 aliphatic carbocycles. The Kier molecular flexibility index (Phi) is 6.37. The summed E-state index contributed by atoms with van der Waals surface area (Å²) >= 11 is 6.19. The summed E-state index contributed by atoms with van der Waals surface area (Å²) in [5, 5.41) is 7.91. The highest BCUT2D eigenvalue weighted by atomic mass is 35.5. The van der Waals surface area contributed by atoms with Gasteiger partial charge in [-0.2, -0.15) is 5.10 Å². The molecule has 0 unspecified atom stereocenters. The van der Waals surface area contributed by atoms with Crippen LogP contribution in [0.15, 0.2) is 60.7 Å². The number of likely N-dealkylation sites (tertiary alicyclic amines) is 1. The van der Waals surface area contributed by atoms with Crippen molar-refractivity contribution in [1.82, 2.24) is 15.1 Å². The number of para-hydroxylation sites is 1. The average molecular weight is 437 g/mol. The molecular weight excluding hydrogens is 412 g/mol. The van der Waals surface area contributed by atoms with Crippen LogP contribution in [0.3, 0.4) is 0 Å². The SMILES string of the molecule is CN(C(=O)c1cc(C2CCN(C(=O)Cc3ccccc3Cl)CC2)[nH]n1)c1ccccc1. The molecule has 2 heterocycles. The second-order valence-corrected chi connectivity index (χ2v) is 8.24. The Morgan fingerprint density at radius 1 is 1.10 bits per heavy atom. The lowest BCUT2D eigenvalue weighted by Gasteiger charge is -2.31. The fourth-order valence-electron chi connectivity index (χ4n) is 3.95. The van der Waals surface area contributed by atoms with Crippen LogP contribution < -0.4 is 4.90 Å². The Bertz CT molecular complexity index is 1060. The summed E-state index contributed by atoms with van der Waals surface area (Å²) in [5.41, 5.74) is 3.03. The summed E-state index contributed by atoms with van der Waals surface area (Å²) in [6, 6.07) is 18.8. The van der Waals surface area contributed by atoms with E-state index >= 15 is 0 Å². The molecule has 0 bridgehead atoms. The number of carbonyl (C=O) groups is 2. The second-order valence-electron chi connectivity index (χ2n) is 7.83. The van der Waals surface area contributed by atoms with Crippen LogP contribution in [0.25, 0.3) is 0 Å². The van der Waals surface area contributed by atoms with Crippen LogP contribution >= 0.6 is 11.6 Å². The standard InChI is InChI=1S/C24H25ClN4O2/c1-28(19-8-3-2-4-9-19)24(31)22-16-21(26-27-22)17-11-13-29(14-12-17)23(30)15-18-7-5-6-10-20(18)25/h2-10,16-17H,11-15H2,1H3,(H,26,27). The van der Waals surface area contributed by atoms with Crippen molar-refractivity contribution in [2.45, 2.75) is 25.2 Å². The number of hydrogen-bond donors (Lipinski definition) is 1. The van der Waals surface area contributed by atoms with Crippen LogP contribution in [0.1, 0.15) is 40.5 Å². The van der Waals surface area contributed by atoms with Gasteiger partial charge in [-0.1, -0.05) is 48.0 Å². The minimum Gasteiger partial charge on any atom is -0.342 e. The Morgan fingerprint density at radius 2 is 1.77 bits per heavy atom. The summed E-state index contributed by atoms with van der Waals surface area (Å²) in [6.45, 7) is 1.36. The van der Waals surface area contributed by atoms with Crippen molar-refractivity contribution in [3.05, 3.63) is 82.6 Å². The first kappa shape index (κ1) is 21.1. The van der Waals surface area contributed by atoms with E-state index in [2.05, 4.69) is 10.2 Å². The number of rotatable bonds is 5. The lowest BCUT2D eigenvalue weighted by molar-refractivity contribution is -0.131. The predicted molar refractivity (Wildman–Crippen MR) is 121 cm³/mol. The number of carbonyl (C=O) groups excluding carboxylic acids is 2. The highest BCUT2D eigenvalue weighted by Crippen LogP contribution is 2.28. The third kappa shape index (κ3) is 4.80. The number of nitrogens with zero attached hydrogens (tertiary/aromatic N) is 3. The summed E-state index contributed by atoms with van der Waals surface area (Å²) in [4.78, 5) is 28.9. The van der Waals surface area contributed by atoms with Gasteiger partial charge in [-0.3, -0.25) is 14.7 Å². The first-order valence-electron chi connectivity index (χ1n) is 10.4. The van der Waals surface area contributed by atoms with Crippen molar-refractivity contribution in [3.8, 4) is 0 Å². The molecule has 4 rings (SSSR count). The maximum Gasteiger partial charge on any atom is 0.278 e. The molecule has 1 saturated heterocycles. The number of benzene rings is 2. The van der Waals surface area contributed by atoms with E-state index < -0.39 is 0 Å². The topological polar surface area (TPSA) is 69.3 Å². The molecule has 6 nitrogen and oxygen atoms in total. The fourth-order valence-corrected chi connectivity index (χ4v) is 4.15. The summed E-state index contributed by atoms with van der Waals surface area (Å²) in [7, 11) is 1.75. The third-order valence-corrected chi connectivity index (χ3v) is 6.22. The molecule has 1 aliphatic rings. The number of halogens is 1. The molecule has 1 N–H and O–H groups in total. The van der Waals surface area contributed by atoms with E-state index in [0.29, 0.717) is 30.2 Å². The lowest BCUT2D eigenvalue weighted by atomic mass is 9.93. The molecule has 0 atom stereocenters. The highest BCUT2D eigenvalue weighted by Gasteiger charge is 2.26. The van der Waals surface area contributed by atoms with Crippen molar-refractivity contribution < 1.29 is 9.59 Å². The van der Waals surface area contributed by atoms with Gasteiger partial charge in [-0.05, 0) is 42.7 Å². The molecule has 31 heavy (non-hydrogen) atoms. The van der Waals surface area contributed by atoms with E-state index in [1.165, 1.54) is 0 Å². The third-order valence-electron chi connectivity index (χ3n) is 5.85. The van der Waals surface area contributed by atoms with Crippen molar-refractivity contribution in [1.29, 1.82) is 0 Å². The Labute approximate surface area is 186 Å². The average Bonchev–Trinajstić information content (AvgIpc) is 3.30. The quantitative estimate of drug-likeness (QED) is 0.648. The van der Waals surface area contributed by atoms with Crippen molar-refractivity contribution in [2.24, 2.45) is 0 Å². The van der Waals surface area contributed by atoms with Gasteiger partial charge in [0.15, 0.2) is 5.69 Å². The molecule has 2 aromatic carbocycles. The zero-order valence-corrected chi connectivity index (χ0v) is 18.2. The Balaban J connectivity index is 1.34. The van der Waals surface area contributed by atoms with Crippen LogP contribution in [-0.4, -0.2) is 47.0 Å². The summed E-state index contributed by atoms with van der Waals surface area (Å²) in [5.74, 6) is 0.193. The van der Waals surface area contributed by atoms with Gasteiger partial charge < -0.3 is 9.80 Å². The number of nitrogens with one attached hydrogen (secondary N) is 1. The molecule has 1 aliphatic heterocycles. The van der Waals surface area contributed by atoms with E-state index in [9.17, 15) is 9.59 Å². The minimum atomic E-state index is -0.152. The molecule has 7 heteroatoms. The molecule has 0 saturated carbocycles. The molecule has 3 aromatic rings. The van der Waals surface area contributed by atoms with Gasteiger partial charge >= 0.3 is 0 Å². The molecule has 0 radical (unpaired) electrons. The van der Waals surface area contributed by atoms with Gasteiger partial charge in [-0.25, -0.2) is 0 Å². The van der Waals surface area contributed by atoms with E-state index in [1.807, 2.05) is 65.6 Å². The molecule has 160 valence electrons. The van der Waals surface area contributed by atoms with Crippen LogP contribution in [0, 0.1) is 0 Å². The van der Waals surface area contributed by atoms with Crippen molar-refractivity contribution in [2.75, 3.05) is 25.0 Å². The Hall–Kier alpha value is -3.12. The van der Waals surface area contributed by atoms with E-state index in [4.69, 9.17) is 11.6 Å². The first-order valence-corrected chi connectivity index (χ1v) is 10.8. The second kappa shape index (κ2) is 9.35. The predicted octanol–water partition coefficient (Wildman–Crippen LogP) is 4.29. The van der Waals surface area contributed by atoms with Gasteiger partial charge in [0, 0.05) is 42.5 Å². The molecule has 1 aromatic heterocycles. The number of anilines is 1. The van der Waals surface area contributed by atoms with E-state index in [1.54, 1.807) is 11.9 Å². The van der Waals surface area contributed by atoms with Crippen LogP contribution in [0.5, 0.6) is 0 Å². The largest absolute Gasteiger partial charge is 0.342 e.